The third-order valence-electron chi connectivity index (χ3n) is 1.36. The van der Waals surface area contributed by atoms with Crippen molar-refractivity contribution in [2.24, 2.45) is 0 Å². The van der Waals surface area contributed by atoms with Gasteiger partial charge in [-0.3, -0.25) is 0 Å². The van der Waals surface area contributed by atoms with Crippen molar-refractivity contribution in [1.29, 1.82) is 0 Å². The van der Waals surface area contributed by atoms with Crippen LogP contribution in [0.25, 0.3) is 0 Å². The van der Waals surface area contributed by atoms with E-state index in [4.69, 9.17) is 22.4 Å². The molecule has 0 radical (unpaired) electrons. The second kappa shape index (κ2) is 4.93. The molecule has 0 amide bonds. The zero-order valence-electron chi connectivity index (χ0n) is 7.11. The van der Waals surface area contributed by atoms with Crippen LogP contribution in [0.2, 0.25) is 5.02 Å². The quantitative estimate of drug-likeness (QED) is 0.475. The molecule has 0 atom stereocenters. The number of hydrogen-bond donors (Lipinski definition) is 2. The minimum atomic E-state index is -0.988. The maximum Gasteiger partial charge on any atom is 0.328 e. The molecule has 14 heavy (non-hydrogen) atoms. The summed E-state index contributed by atoms with van der Waals surface area (Å²) < 4.78 is 0. The van der Waals surface area contributed by atoms with Gasteiger partial charge in [0.25, 0.3) is 0 Å². The van der Waals surface area contributed by atoms with Gasteiger partial charge in [-0.05, 0) is 23.6 Å². The van der Waals surface area contributed by atoms with Crippen LogP contribution in [0.4, 0.5) is 5.69 Å². The van der Waals surface area contributed by atoms with Gasteiger partial charge < -0.3 is 10.8 Å². The first-order valence-corrected chi connectivity index (χ1v) is 4.96. The summed E-state index contributed by atoms with van der Waals surface area (Å²) in [6.07, 6.45) is 1.05. The van der Waals surface area contributed by atoms with Gasteiger partial charge in [-0.15, -0.1) is 0 Å². The lowest BCUT2D eigenvalue weighted by atomic mass is 10.3. The Labute approximate surface area is 90.6 Å². The summed E-state index contributed by atoms with van der Waals surface area (Å²) in [4.78, 5) is 10.9. The maximum atomic E-state index is 10.2. The van der Waals surface area contributed by atoms with Crippen LogP contribution in [0.3, 0.4) is 0 Å². The van der Waals surface area contributed by atoms with Crippen LogP contribution in [0.15, 0.2) is 34.6 Å². The summed E-state index contributed by atoms with van der Waals surface area (Å²) in [5, 5.41) is 10.4. The Morgan fingerprint density at radius 1 is 1.57 bits per heavy atom. The number of carboxylic acids is 1. The SMILES string of the molecule is Nc1ccc(Cl)c(SC=CC(=O)O)c1. The zero-order valence-corrected chi connectivity index (χ0v) is 8.68. The molecule has 1 aromatic carbocycles. The lowest BCUT2D eigenvalue weighted by Crippen LogP contribution is -1.85. The second-order valence-electron chi connectivity index (χ2n) is 2.45. The number of hydrogen-bond acceptors (Lipinski definition) is 3. The Kier molecular flexibility index (Phi) is 3.85. The number of halogens is 1. The van der Waals surface area contributed by atoms with Crippen LogP contribution in [0.5, 0.6) is 0 Å². The molecule has 0 aliphatic carbocycles. The molecular formula is C9H8ClNO2S. The fourth-order valence-electron chi connectivity index (χ4n) is 0.776. The molecule has 0 saturated carbocycles. The van der Waals surface area contributed by atoms with Crippen molar-refractivity contribution < 1.29 is 9.90 Å². The summed E-state index contributed by atoms with van der Waals surface area (Å²) in [6, 6.07) is 5.06. The van der Waals surface area contributed by atoms with Gasteiger partial charge >= 0.3 is 5.97 Å². The Bertz CT molecular complexity index is 379. The number of thioether (sulfide) groups is 1. The molecule has 0 aromatic heterocycles. The first-order chi connectivity index (χ1) is 6.59. The zero-order chi connectivity index (χ0) is 10.6. The monoisotopic (exact) mass is 229 g/mol. The largest absolute Gasteiger partial charge is 0.478 e. The molecule has 3 nitrogen and oxygen atoms in total. The van der Waals surface area contributed by atoms with Gasteiger partial charge in [-0.2, -0.15) is 0 Å². The van der Waals surface area contributed by atoms with Gasteiger partial charge in [-0.1, -0.05) is 23.4 Å². The molecule has 74 valence electrons. The van der Waals surface area contributed by atoms with Gasteiger partial charge in [0, 0.05) is 16.7 Å². The molecule has 0 aliphatic heterocycles. The van der Waals surface area contributed by atoms with Crippen LogP contribution in [-0.2, 0) is 4.79 Å². The van der Waals surface area contributed by atoms with Gasteiger partial charge in [0.15, 0.2) is 0 Å². The van der Waals surface area contributed by atoms with E-state index in [-0.39, 0.29) is 0 Å². The number of aliphatic carboxylic acids is 1. The maximum absolute atomic E-state index is 10.2. The van der Waals surface area contributed by atoms with Crippen molar-refractivity contribution in [3.63, 3.8) is 0 Å². The molecule has 0 bridgehead atoms. The molecule has 1 aromatic rings. The Balaban J connectivity index is 2.76. The third-order valence-corrected chi connectivity index (χ3v) is 2.67. The lowest BCUT2D eigenvalue weighted by Gasteiger charge is -2.00. The third kappa shape index (κ3) is 3.32. The molecule has 5 heteroatoms. The molecule has 0 unspecified atom stereocenters. The van der Waals surface area contributed by atoms with Crippen molar-refractivity contribution in [3.8, 4) is 0 Å². The fraction of sp³-hybridized carbons (Fsp3) is 0. The standard InChI is InChI=1S/C9H8ClNO2S/c10-7-2-1-6(11)5-8(7)14-4-3-9(12)13/h1-5H,11H2,(H,12,13). The van der Waals surface area contributed by atoms with E-state index in [1.54, 1.807) is 18.2 Å². The Hall–Kier alpha value is -1.13. The summed E-state index contributed by atoms with van der Waals surface area (Å²) in [6.45, 7) is 0. The van der Waals surface area contributed by atoms with Crippen LogP contribution in [-0.4, -0.2) is 11.1 Å². The number of benzene rings is 1. The number of nitrogens with two attached hydrogens (primary N) is 1. The van der Waals surface area contributed by atoms with Crippen molar-refractivity contribution in [2.45, 2.75) is 4.90 Å². The first-order valence-electron chi connectivity index (χ1n) is 3.71. The first kappa shape index (κ1) is 10.9. The molecular weight excluding hydrogens is 222 g/mol. The van der Waals surface area contributed by atoms with E-state index in [9.17, 15) is 4.79 Å². The number of rotatable bonds is 3. The van der Waals surface area contributed by atoms with E-state index < -0.39 is 5.97 Å². The van der Waals surface area contributed by atoms with Crippen molar-refractivity contribution in [3.05, 3.63) is 34.7 Å². The molecule has 0 saturated heterocycles. The molecule has 0 heterocycles. The molecule has 0 aliphatic rings. The van der Waals surface area contributed by atoms with Gasteiger partial charge in [0.1, 0.15) is 0 Å². The van der Waals surface area contributed by atoms with E-state index in [0.29, 0.717) is 10.7 Å². The van der Waals surface area contributed by atoms with Crippen molar-refractivity contribution in [2.75, 3.05) is 5.73 Å². The van der Waals surface area contributed by atoms with E-state index >= 15 is 0 Å². The molecule has 1 rings (SSSR count). The highest BCUT2D eigenvalue weighted by atomic mass is 35.5. The van der Waals surface area contributed by atoms with Crippen LogP contribution < -0.4 is 5.73 Å². The van der Waals surface area contributed by atoms with E-state index in [0.717, 1.165) is 11.0 Å². The normalized spacial score (nSPS) is 10.6. The molecule has 3 N–H and O–H groups in total. The van der Waals surface area contributed by atoms with Crippen molar-refractivity contribution >= 4 is 35.0 Å². The van der Waals surface area contributed by atoms with Gasteiger partial charge in [0.2, 0.25) is 0 Å². The molecule has 0 fully saturated rings. The summed E-state index contributed by atoms with van der Waals surface area (Å²) in [5.41, 5.74) is 6.14. The van der Waals surface area contributed by atoms with Crippen LogP contribution >= 0.6 is 23.4 Å². The highest BCUT2D eigenvalue weighted by Crippen LogP contribution is 2.29. The van der Waals surface area contributed by atoms with Gasteiger partial charge in [-0.25, -0.2) is 4.79 Å². The minimum absolute atomic E-state index is 0.555. The Morgan fingerprint density at radius 3 is 2.93 bits per heavy atom. The predicted octanol–water partition coefficient (Wildman–Crippen LogP) is 2.61. The highest BCUT2D eigenvalue weighted by molar-refractivity contribution is 8.02. The van der Waals surface area contributed by atoms with Crippen LogP contribution in [0, 0.1) is 0 Å². The number of carbonyl (C=O) groups is 1. The second-order valence-corrected chi connectivity index (χ2v) is 3.80. The predicted molar refractivity (Wildman–Crippen MR) is 58.5 cm³/mol. The summed E-state index contributed by atoms with van der Waals surface area (Å²) in [5.74, 6) is -0.988. The highest BCUT2D eigenvalue weighted by Gasteiger charge is 1.99. The molecule has 0 spiro atoms. The average Bonchev–Trinajstić information content (AvgIpc) is 2.10. The van der Waals surface area contributed by atoms with E-state index in [2.05, 4.69) is 0 Å². The fourth-order valence-corrected chi connectivity index (χ4v) is 1.74. The van der Waals surface area contributed by atoms with Crippen molar-refractivity contribution in [1.82, 2.24) is 0 Å². The average molecular weight is 230 g/mol. The topological polar surface area (TPSA) is 63.3 Å². The minimum Gasteiger partial charge on any atom is -0.478 e. The number of carboxylic acid groups (broad SMARTS) is 1. The number of nitrogen functional groups attached to an aromatic ring is 1. The summed E-state index contributed by atoms with van der Waals surface area (Å²) in [7, 11) is 0. The Morgan fingerprint density at radius 2 is 2.29 bits per heavy atom. The van der Waals surface area contributed by atoms with E-state index in [1.165, 1.54) is 17.2 Å². The summed E-state index contributed by atoms with van der Waals surface area (Å²) >= 11 is 7.07. The lowest BCUT2D eigenvalue weighted by molar-refractivity contribution is -0.131. The van der Waals surface area contributed by atoms with Gasteiger partial charge in [0.05, 0.1) is 5.02 Å². The smallest absolute Gasteiger partial charge is 0.328 e. The number of anilines is 1. The van der Waals surface area contributed by atoms with Crippen LogP contribution in [0.1, 0.15) is 0 Å². The van der Waals surface area contributed by atoms with E-state index in [1.807, 2.05) is 0 Å².